The van der Waals surface area contributed by atoms with Crippen molar-refractivity contribution in [3.63, 3.8) is 0 Å². The number of hydrogen-bond donors (Lipinski definition) is 2. The second-order valence-corrected chi connectivity index (χ2v) is 8.17. The van der Waals surface area contributed by atoms with Crippen LogP contribution in [0.2, 0.25) is 0 Å². The Hall–Kier alpha value is -3.28. The van der Waals surface area contributed by atoms with Crippen LogP contribution in [0.1, 0.15) is 0 Å². The van der Waals surface area contributed by atoms with Crippen molar-refractivity contribution in [3.05, 3.63) is 78.4 Å². The molecule has 0 amide bonds. The van der Waals surface area contributed by atoms with Gasteiger partial charge in [-0.2, -0.15) is 9.49 Å². The molecule has 0 saturated carbocycles. The Morgan fingerprint density at radius 3 is 2.48 bits per heavy atom. The van der Waals surface area contributed by atoms with E-state index in [2.05, 4.69) is 10.4 Å². The van der Waals surface area contributed by atoms with Crippen LogP contribution in [0.25, 0.3) is 22.2 Å². The second kappa shape index (κ2) is 7.76. The van der Waals surface area contributed by atoms with Gasteiger partial charge in [0.25, 0.3) is 11.1 Å². The summed E-state index contributed by atoms with van der Waals surface area (Å²) < 4.78 is 32.2. The lowest BCUT2D eigenvalue weighted by molar-refractivity contribution is 0.598. The SMILES string of the molecule is Cn1nc(-c2cccc(N)c2)c2c(c(Nc3ccc(I)cc3F)c(F)c(=O)n2C)c1=O. The summed E-state index contributed by atoms with van der Waals surface area (Å²) in [6.07, 6.45) is 0. The van der Waals surface area contributed by atoms with Gasteiger partial charge in [0.05, 0.1) is 22.3 Å². The largest absolute Gasteiger partial charge is 0.399 e. The topological polar surface area (TPSA) is 94.9 Å². The highest BCUT2D eigenvalue weighted by Crippen LogP contribution is 2.32. The van der Waals surface area contributed by atoms with E-state index in [9.17, 15) is 14.0 Å². The summed E-state index contributed by atoms with van der Waals surface area (Å²) in [5, 5.41) is 6.76. The number of fused-ring (bicyclic) bond motifs is 1. The van der Waals surface area contributed by atoms with Crippen molar-refractivity contribution in [2.24, 2.45) is 14.1 Å². The fourth-order valence-corrected chi connectivity index (χ4v) is 3.82. The zero-order valence-corrected chi connectivity index (χ0v) is 18.6. The Morgan fingerprint density at radius 2 is 1.81 bits per heavy atom. The van der Waals surface area contributed by atoms with Gasteiger partial charge in [0.15, 0.2) is 0 Å². The van der Waals surface area contributed by atoms with Crippen LogP contribution in [0.15, 0.2) is 52.1 Å². The number of nitrogens with zero attached hydrogens (tertiary/aromatic N) is 3. The Labute approximate surface area is 188 Å². The molecule has 7 nitrogen and oxygen atoms in total. The molecule has 0 aliphatic carbocycles. The predicted octanol–water partition coefficient (Wildman–Crippen LogP) is 3.51. The van der Waals surface area contributed by atoms with E-state index in [0.29, 0.717) is 14.8 Å². The lowest BCUT2D eigenvalue weighted by Crippen LogP contribution is -2.29. The van der Waals surface area contributed by atoms with Crippen LogP contribution in [0.4, 0.5) is 25.8 Å². The molecule has 0 unspecified atom stereocenters. The van der Waals surface area contributed by atoms with Crippen LogP contribution >= 0.6 is 22.6 Å². The Kier molecular flexibility index (Phi) is 5.25. The molecule has 2 aromatic carbocycles. The van der Waals surface area contributed by atoms with Crippen LogP contribution in [-0.4, -0.2) is 14.3 Å². The van der Waals surface area contributed by atoms with Gasteiger partial charge in [-0.1, -0.05) is 12.1 Å². The number of hydrogen-bond acceptors (Lipinski definition) is 5. The maximum atomic E-state index is 15.1. The number of nitrogens with one attached hydrogen (secondary N) is 1. The van der Waals surface area contributed by atoms with E-state index in [1.54, 1.807) is 30.3 Å². The minimum Gasteiger partial charge on any atom is -0.399 e. The Morgan fingerprint density at radius 1 is 1.06 bits per heavy atom. The van der Waals surface area contributed by atoms with Gasteiger partial charge in [0, 0.05) is 28.9 Å². The second-order valence-electron chi connectivity index (χ2n) is 6.93. The number of pyridine rings is 1. The lowest BCUT2D eigenvalue weighted by Gasteiger charge is -2.17. The summed E-state index contributed by atoms with van der Waals surface area (Å²) >= 11 is 1.94. The van der Waals surface area contributed by atoms with Gasteiger partial charge in [-0.15, -0.1) is 0 Å². The third-order valence-corrected chi connectivity index (χ3v) is 5.54. The van der Waals surface area contributed by atoms with E-state index in [4.69, 9.17) is 5.73 Å². The summed E-state index contributed by atoms with van der Waals surface area (Å²) in [6.45, 7) is 0. The van der Waals surface area contributed by atoms with E-state index < -0.39 is 28.4 Å². The van der Waals surface area contributed by atoms with E-state index in [1.165, 1.54) is 26.2 Å². The number of rotatable bonds is 3. The first-order valence-corrected chi connectivity index (χ1v) is 10.1. The zero-order chi connectivity index (χ0) is 22.4. The van der Waals surface area contributed by atoms with Crippen LogP contribution in [0.3, 0.4) is 0 Å². The van der Waals surface area contributed by atoms with Crippen molar-refractivity contribution in [1.29, 1.82) is 0 Å². The van der Waals surface area contributed by atoms with Crippen LogP contribution in [0, 0.1) is 15.2 Å². The quantitative estimate of drug-likeness (QED) is 0.310. The van der Waals surface area contributed by atoms with Crippen molar-refractivity contribution in [3.8, 4) is 11.3 Å². The maximum Gasteiger partial charge on any atom is 0.289 e. The normalized spacial score (nSPS) is 11.1. The Bertz CT molecular complexity index is 1480. The van der Waals surface area contributed by atoms with Crippen molar-refractivity contribution in [2.75, 3.05) is 11.1 Å². The van der Waals surface area contributed by atoms with E-state index in [1.807, 2.05) is 22.6 Å². The monoisotopic (exact) mass is 535 g/mol. The van der Waals surface area contributed by atoms with E-state index >= 15 is 4.39 Å². The molecule has 158 valence electrons. The highest BCUT2D eigenvalue weighted by molar-refractivity contribution is 14.1. The summed E-state index contributed by atoms with van der Waals surface area (Å²) in [6, 6.07) is 11.0. The molecule has 0 atom stereocenters. The molecule has 0 aliphatic heterocycles. The molecule has 2 heterocycles. The first-order valence-electron chi connectivity index (χ1n) is 9.06. The molecule has 0 saturated heterocycles. The predicted molar refractivity (Wildman–Crippen MR) is 124 cm³/mol. The highest BCUT2D eigenvalue weighted by atomic mass is 127. The van der Waals surface area contributed by atoms with Gasteiger partial charge in [0.2, 0.25) is 5.82 Å². The van der Waals surface area contributed by atoms with Gasteiger partial charge in [-0.05, 0) is 52.9 Å². The lowest BCUT2D eigenvalue weighted by atomic mass is 10.1. The fraction of sp³-hybridized carbons (Fsp3) is 0.0952. The molecule has 10 heteroatoms. The van der Waals surface area contributed by atoms with Gasteiger partial charge in [0.1, 0.15) is 11.5 Å². The molecule has 2 aromatic heterocycles. The average molecular weight is 535 g/mol. The van der Waals surface area contributed by atoms with Crippen molar-refractivity contribution in [2.45, 2.75) is 0 Å². The number of aryl methyl sites for hydroxylation is 2. The number of halogens is 3. The summed E-state index contributed by atoms with van der Waals surface area (Å²) in [4.78, 5) is 25.7. The molecular weight excluding hydrogens is 519 g/mol. The van der Waals surface area contributed by atoms with Crippen LogP contribution in [-0.2, 0) is 14.1 Å². The molecule has 0 fully saturated rings. The molecule has 3 N–H and O–H groups in total. The third kappa shape index (κ3) is 3.56. The molecule has 0 aliphatic rings. The third-order valence-electron chi connectivity index (χ3n) is 4.87. The minimum atomic E-state index is -1.20. The molecule has 4 rings (SSSR count). The standard InChI is InChI=1S/C21H16F2IN5O2/c1-28-19-15(20(30)29(2)27-17(19)10-4-3-5-12(25)8-10)18(16(23)21(28)31)26-14-7-6-11(24)9-13(14)22/h3-9,26H,25H2,1-2H3. The molecule has 31 heavy (non-hydrogen) atoms. The molecule has 0 radical (unpaired) electrons. The average Bonchev–Trinajstić information content (AvgIpc) is 2.73. The van der Waals surface area contributed by atoms with Gasteiger partial charge in [-0.25, -0.2) is 9.07 Å². The zero-order valence-electron chi connectivity index (χ0n) is 16.4. The van der Waals surface area contributed by atoms with Crippen LogP contribution < -0.4 is 22.2 Å². The maximum absolute atomic E-state index is 15.1. The summed E-state index contributed by atoms with van der Waals surface area (Å²) in [5.41, 5.74) is 5.12. The number of nitrogen functional groups attached to an aromatic ring is 1. The number of anilines is 3. The van der Waals surface area contributed by atoms with Crippen molar-refractivity contribution >= 4 is 50.6 Å². The van der Waals surface area contributed by atoms with Crippen molar-refractivity contribution < 1.29 is 8.78 Å². The molecule has 0 spiro atoms. The number of benzene rings is 2. The summed E-state index contributed by atoms with van der Waals surface area (Å²) in [5.74, 6) is -1.85. The van der Waals surface area contributed by atoms with Crippen molar-refractivity contribution in [1.82, 2.24) is 14.3 Å². The Balaban J connectivity index is 2.13. The van der Waals surface area contributed by atoms with Gasteiger partial charge < -0.3 is 15.6 Å². The number of aromatic nitrogens is 3. The summed E-state index contributed by atoms with van der Waals surface area (Å²) in [7, 11) is 2.76. The first kappa shape index (κ1) is 21.0. The van der Waals surface area contributed by atoms with Gasteiger partial charge in [-0.3, -0.25) is 9.59 Å². The fourth-order valence-electron chi connectivity index (χ4n) is 3.36. The molecule has 4 aromatic rings. The van der Waals surface area contributed by atoms with E-state index in [-0.39, 0.29) is 22.3 Å². The molecular formula is C21H16F2IN5O2. The highest BCUT2D eigenvalue weighted by Gasteiger charge is 2.23. The smallest absolute Gasteiger partial charge is 0.289 e. The minimum absolute atomic E-state index is 0.0711. The van der Waals surface area contributed by atoms with Crippen LogP contribution in [0.5, 0.6) is 0 Å². The first-order chi connectivity index (χ1) is 14.7. The molecule has 0 bridgehead atoms. The van der Waals surface area contributed by atoms with E-state index in [0.717, 1.165) is 9.25 Å². The van der Waals surface area contributed by atoms with Gasteiger partial charge >= 0.3 is 0 Å². The number of nitrogens with two attached hydrogens (primary N) is 1.